The number of carbonyl (C=O) groups excluding carboxylic acids is 1. The second kappa shape index (κ2) is 7.42. The fraction of sp³-hybridized carbons (Fsp3) is 0.100. The number of fused-ring (bicyclic) bond motifs is 1. The number of carbonyl (C=O) groups is 1. The van der Waals surface area contributed by atoms with Gasteiger partial charge in [0.25, 0.3) is 0 Å². The molecule has 24 heavy (non-hydrogen) atoms. The van der Waals surface area contributed by atoms with Crippen molar-refractivity contribution in [3.63, 3.8) is 0 Å². The molecule has 0 saturated heterocycles. The molecule has 0 bridgehead atoms. The molecule has 0 spiro atoms. The zero-order valence-corrected chi connectivity index (χ0v) is 13.3. The molecule has 0 amide bonds. The van der Waals surface area contributed by atoms with Crippen molar-refractivity contribution in [1.82, 2.24) is 0 Å². The summed E-state index contributed by atoms with van der Waals surface area (Å²) in [5, 5.41) is 5.92. The van der Waals surface area contributed by atoms with E-state index in [4.69, 9.17) is 9.57 Å². The van der Waals surface area contributed by atoms with Crippen molar-refractivity contribution in [3.05, 3.63) is 78.4 Å². The van der Waals surface area contributed by atoms with Gasteiger partial charge in [0.05, 0.1) is 0 Å². The summed E-state index contributed by atoms with van der Waals surface area (Å²) in [6, 6.07) is 23.0. The molecule has 3 aromatic rings. The van der Waals surface area contributed by atoms with Crippen LogP contribution >= 0.6 is 0 Å². The third-order valence-corrected chi connectivity index (χ3v) is 3.50. The van der Waals surface area contributed by atoms with Crippen molar-refractivity contribution in [2.45, 2.75) is 13.5 Å². The summed E-state index contributed by atoms with van der Waals surface area (Å²) >= 11 is 0. The predicted octanol–water partition coefficient (Wildman–Crippen LogP) is 4.34. The van der Waals surface area contributed by atoms with Crippen LogP contribution in [0.15, 0.2) is 78.0 Å². The fourth-order valence-corrected chi connectivity index (χ4v) is 2.23. The van der Waals surface area contributed by atoms with E-state index in [0.29, 0.717) is 12.4 Å². The van der Waals surface area contributed by atoms with Gasteiger partial charge in [-0.05, 0) is 35.4 Å². The van der Waals surface area contributed by atoms with Gasteiger partial charge in [0.2, 0.25) is 0 Å². The zero-order valence-electron chi connectivity index (χ0n) is 13.3. The van der Waals surface area contributed by atoms with E-state index in [1.54, 1.807) is 13.0 Å². The van der Waals surface area contributed by atoms with Crippen molar-refractivity contribution in [2.24, 2.45) is 5.16 Å². The predicted molar refractivity (Wildman–Crippen MR) is 93.9 cm³/mol. The van der Waals surface area contributed by atoms with E-state index in [-0.39, 0.29) is 5.71 Å². The normalized spacial score (nSPS) is 11.3. The van der Waals surface area contributed by atoms with E-state index < -0.39 is 5.97 Å². The molecule has 0 heterocycles. The molecule has 0 aromatic heterocycles. The lowest BCUT2D eigenvalue weighted by atomic mass is 10.1. The minimum Gasteiger partial charge on any atom is -0.422 e. The second-order valence-electron chi connectivity index (χ2n) is 5.33. The molecule has 3 rings (SSSR count). The monoisotopic (exact) mass is 319 g/mol. The highest BCUT2D eigenvalue weighted by atomic mass is 16.6. The van der Waals surface area contributed by atoms with E-state index >= 15 is 0 Å². The van der Waals surface area contributed by atoms with Crippen molar-refractivity contribution >= 4 is 22.5 Å². The Kier molecular flexibility index (Phi) is 4.87. The average molecular weight is 319 g/mol. The highest BCUT2D eigenvalue weighted by Crippen LogP contribution is 2.20. The van der Waals surface area contributed by atoms with E-state index in [9.17, 15) is 4.79 Å². The number of benzene rings is 3. The standard InChI is InChI=1S/C20H17NO3/c1-15(21-23-14-16-7-3-2-4-8-16)20(22)24-19-12-11-17-9-5-6-10-18(17)13-19/h2-13H,14H2,1H3/b21-15+. The van der Waals surface area contributed by atoms with Crippen LogP contribution in [0.1, 0.15) is 12.5 Å². The molecule has 0 N–H and O–H groups in total. The largest absolute Gasteiger partial charge is 0.422 e. The van der Waals surface area contributed by atoms with Crippen molar-refractivity contribution in [3.8, 4) is 5.75 Å². The van der Waals surface area contributed by atoms with Crippen LogP contribution in [0.2, 0.25) is 0 Å². The molecule has 0 radical (unpaired) electrons. The third kappa shape index (κ3) is 3.98. The SMILES string of the molecule is C/C(=N\OCc1ccccc1)C(=O)Oc1ccc2ccccc2c1. The van der Waals surface area contributed by atoms with Crippen LogP contribution in [0.4, 0.5) is 0 Å². The van der Waals surface area contributed by atoms with E-state index in [1.807, 2.05) is 66.7 Å². The van der Waals surface area contributed by atoms with Gasteiger partial charge in [0.15, 0.2) is 5.71 Å². The lowest BCUT2D eigenvalue weighted by molar-refractivity contribution is -0.127. The quantitative estimate of drug-likeness (QED) is 0.304. The molecular weight excluding hydrogens is 302 g/mol. The molecule has 4 heteroatoms. The van der Waals surface area contributed by atoms with Crippen molar-refractivity contribution in [1.29, 1.82) is 0 Å². The van der Waals surface area contributed by atoms with Crippen LogP contribution in [0.3, 0.4) is 0 Å². The Morgan fingerprint density at radius 1 is 0.917 bits per heavy atom. The fourth-order valence-electron chi connectivity index (χ4n) is 2.23. The molecular formula is C20H17NO3. The first-order valence-corrected chi connectivity index (χ1v) is 7.64. The first kappa shape index (κ1) is 15.7. The minimum atomic E-state index is -0.529. The number of esters is 1. The second-order valence-corrected chi connectivity index (χ2v) is 5.33. The molecule has 120 valence electrons. The Bertz CT molecular complexity index is 872. The average Bonchev–Trinajstić information content (AvgIpc) is 2.62. The van der Waals surface area contributed by atoms with Gasteiger partial charge in [-0.1, -0.05) is 65.8 Å². The van der Waals surface area contributed by atoms with Crippen LogP contribution < -0.4 is 4.74 Å². The number of hydrogen-bond donors (Lipinski definition) is 0. The lowest BCUT2D eigenvalue weighted by Crippen LogP contribution is -2.17. The molecule has 0 aliphatic rings. The van der Waals surface area contributed by atoms with Crippen molar-refractivity contribution < 1.29 is 14.4 Å². The van der Waals surface area contributed by atoms with Gasteiger partial charge in [0.1, 0.15) is 12.4 Å². The minimum absolute atomic E-state index is 0.166. The van der Waals surface area contributed by atoms with E-state index in [0.717, 1.165) is 16.3 Å². The summed E-state index contributed by atoms with van der Waals surface area (Å²) in [7, 11) is 0. The van der Waals surface area contributed by atoms with E-state index in [1.165, 1.54) is 0 Å². The molecule has 0 aliphatic heterocycles. The van der Waals surface area contributed by atoms with Crippen molar-refractivity contribution in [2.75, 3.05) is 0 Å². The van der Waals surface area contributed by atoms with E-state index in [2.05, 4.69) is 5.16 Å². The van der Waals surface area contributed by atoms with Crippen LogP contribution in [0.25, 0.3) is 10.8 Å². The van der Waals surface area contributed by atoms with Gasteiger partial charge < -0.3 is 9.57 Å². The van der Waals surface area contributed by atoms with Gasteiger partial charge in [0, 0.05) is 0 Å². The highest BCUT2D eigenvalue weighted by molar-refractivity contribution is 6.35. The van der Waals surface area contributed by atoms with Gasteiger partial charge in [-0.15, -0.1) is 0 Å². The van der Waals surface area contributed by atoms with Gasteiger partial charge >= 0.3 is 5.97 Å². The number of oxime groups is 1. The summed E-state index contributed by atoms with van der Waals surface area (Å²) in [5.74, 6) is -0.0466. The van der Waals surface area contributed by atoms with Gasteiger partial charge in [-0.3, -0.25) is 0 Å². The summed E-state index contributed by atoms with van der Waals surface area (Å²) in [4.78, 5) is 17.3. The Balaban J connectivity index is 1.61. The molecule has 0 unspecified atom stereocenters. The molecule has 0 fully saturated rings. The first-order valence-electron chi connectivity index (χ1n) is 7.64. The molecule has 0 aliphatic carbocycles. The maximum atomic E-state index is 12.1. The topological polar surface area (TPSA) is 47.9 Å². The molecule has 0 atom stereocenters. The van der Waals surface area contributed by atoms with Gasteiger partial charge in [-0.25, -0.2) is 4.79 Å². The Hall–Kier alpha value is -3.14. The Morgan fingerprint density at radius 3 is 2.42 bits per heavy atom. The highest BCUT2D eigenvalue weighted by Gasteiger charge is 2.10. The van der Waals surface area contributed by atoms with Crippen LogP contribution in [0, 0.1) is 0 Å². The summed E-state index contributed by atoms with van der Waals surface area (Å²) < 4.78 is 5.34. The summed E-state index contributed by atoms with van der Waals surface area (Å²) in [6.45, 7) is 1.87. The smallest absolute Gasteiger partial charge is 0.361 e. The Morgan fingerprint density at radius 2 is 1.62 bits per heavy atom. The Labute approximate surface area is 140 Å². The molecule has 0 saturated carbocycles. The summed E-state index contributed by atoms with van der Waals surface area (Å²) in [5.41, 5.74) is 1.15. The molecule has 3 aromatic carbocycles. The third-order valence-electron chi connectivity index (χ3n) is 3.50. The molecule has 4 nitrogen and oxygen atoms in total. The van der Waals surface area contributed by atoms with Crippen LogP contribution in [0.5, 0.6) is 5.75 Å². The van der Waals surface area contributed by atoms with Gasteiger partial charge in [-0.2, -0.15) is 0 Å². The first-order chi connectivity index (χ1) is 11.7. The number of ether oxygens (including phenoxy) is 1. The number of rotatable bonds is 5. The maximum absolute atomic E-state index is 12.1. The van der Waals surface area contributed by atoms with Crippen LogP contribution in [-0.2, 0) is 16.2 Å². The van der Waals surface area contributed by atoms with Crippen LogP contribution in [-0.4, -0.2) is 11.7 Å². The summed E-state index contributed by atoms with van der Waals surface area (Å²) in [6.07, 6.45) is 0. The lowest BCUT2D eigenvalue weighted by Gasteiger charge is -2.06. The maximum Gasteiger partial charge on any atom is 0.361 e. The number of nitrogens with zero attached hydrogens (tertiary/aromatic N) is 1. The zero-order chi connectivity index (χ0) is 16.8. The number of hydrogen-bond acceptors (Lipinski definition) is 4.